The van der Waals surface area contributed by atoms with Gasteiger partial charge >= 0.3 is 6.43 Å². The fourth-order valence-electron chi connectivity index (χ4n) is 0.972. The lowest BCUT2D eigenvalue weighted by molar-refractivity contribution is 0.116. The molecule has 0 fully saturated rings. The molecule has 2 aromatic heterocycles. The summed E-state index contributed by atoms with van der Waals surface area (Å²) < 4.78 is 29.0. The van der Waals surface area contributed by atoms with Crippen molar-refractivity contribution in [2.24, 2.45) is 0 Å². The van der Waals surface area contributed by atoms with E-state index in [9.17, 15) is 8.78 Å². The number of thiophene rings is 1. The molecular weight excluding hydrogens is 210 g/mol. The molecule has 0 aromatic carbocycles. The van der Waals surface area contributed by atoms with Crippen LogP contribution in [0.2, 0.25) is 0 Å². The molecule has 2 aromatic rings. The second-order valence-corrected chi connectivity index (χ2v) is 3.94. The molecule has 0 unspecified atom stereocenters. The first-order valence-electron chi connectivity index (χ1n) is 3.85. The predicted molar refractivity (Wildman–Crippen MR) is 47.3 cm³/mol. The van der Waals surface area contributed by atoms with E-state index in [0.717, 1.165) is 4.88 Å². The van der Waals surface area contributed by atoms with Crippen molar-refractivity contribution >= 4 is 11.3 Å². The molecule has 0 spiro atoms. The van der Waals surface area contributed by atoms with E-state index in [1.54, 1.807) is 6.07 Å². The molecule has 0 atom stereocenters. The Morgan fingerprint density at radius 1 is 1.36 bits per heavy atom. The van der Waals surface area contributed by atoms with Crippen LogP contribution in [0.15, 0.2) is 16.5 Å². The standard InChI is InChI=1S/C8H6F2N2OS/c1-4-2-3-5(14-4)7-11-12-8(13-7)6(9)10/h2-3,6H,1H3. The van der Waals surface area contributed by atoms with E-state index >= 15 is 0 Å². The van der Waals surface area contributed by atoms with Gasteiger partial charge in [0.2, 0.25) is 0 Å². The second kappa shape index (κ2) is 3.45. The minimum atomic E-state index is -2.71. The maximum atomic E-state index is 12.1. The average Bonchev–Trinajstić information content (AvgIpc) is 2.70. The third kappa shape index (κ3) is 1.65. The number of halogens is 2. The van der Waals surface area contributed by atoms with E-state index in [2.05, 4.69) is 10.2 Å². The van der Waals surface area contributed by atoms with Crippen LogP contribution in [-0.4, -0.2) is 10.2 Å². The summed E-state index contributed by atoms with van der Waals surface area (Å²) in [5.74, 6) is -0.482. The van der Waals surface area contributed by atoms with Crippen molar-refractivity contribution in [3.63, 3.8) is 0 Å². The van der Waals surface area contributed by atoms with Crippen LogP contribution in [0.5, 0.6) is 0 Å². The van der Waals surface area contributed by atoms with Gasteiger partial charge < -0.3 is 4.42 Å². The quantitative estimate of drug-likeness (QED) is 0.774. The van der Waals surface area contributed by atoms with Crippen molar-refractivity contribution in [3.8, 4) is 10.8 Å². The lowest BCUT2D eigenvalue weighted by Gasteiger charge is -1.87. The van der Waals surface area contributed by atoms with E-state index in [1.807, 2.05) is 13.0 Å². The number of aryl methyl sites for hydroxylation is 1. The number of rotatable bonds is 2. The molecule has 0 radical (unpaired) electrons. The molecule has 0 aliphatic heterocycles. The van der Waals surface area contributed by atoms with Crippen LogP contribution >= 0.6 is 11.3 Å². The van der Waals surface area contributed by atoms with Crippen molar-refractivity contribution in [2.45, 2.75) is 13.3 Å². The summed E-state index contributed by atoms with van der Waals surface area (Å²) in [7, 11) is 0. The lowest BCUT2D eigenvalue weighted by Crippen LogP contribution is -1.81. The summed E-state index contributed by atoms with van der Waals surface area (Å²) in [6, 6.07) is 3.63. The van der Waals surface area contributed by atoms with Crippen LogP contribution in [0.4, 0.5) is 8.78 Å². The Balaban J connectivity index is 2.33. The Morgan fingerprint density at radius 3 is 2.64 bits per heavy atom. The Bertz CT molecular complexity index is 438. The van der Waals surface area contributed by atoms with Gasteiger partial charge in [0.05, 0.1) is 4.88 Å². The van der Waals surface area contributed by atoms with Gasteiger partial charge in [-0.25, -0.2) is 0 Å². The first-order valence-corrected chi connectivity index (χ1v) is 4.67. The highest BCUT2D eigenvalue weighted by atomic mass is 32.1. The lowest BCUT2D eigenvalue weighted by atomic mass is 10.4. The Morgan fingerprint density at radius 2 is 2.14 bits per heavy atom. The number of hydrogen-bond acceptors (Lipinski definition) is 4. The molecule has 0 N–H and O–H groups in total. The summed E-state index contributed by atoms with van der Waals surface area (Å²) in [6.07, 6.45) is -2.71. The van der Waals surface area contributed by atoms with E-state index in [-0.39, 0.29) is 5.89 Å². The Kier molecular flexibility index (Phi) is 2.28. The molecule has 0 aliphatic carbocycles. The molecule has 2 rings (SSSR count). The topological polar surface area (TPSA) is 38.9 Å². The summed E-state index contributed by atoms with van der Waals surface area (Å²) in [5, 5.41) is 6.78. The Labute approximate surface area is 82.4 Å². The summed E-state index contributed by atoms with van der Waals surface area (Å²) in [5.41, 5.74) is 0. The van der Waals surface area contributed by atoms with Crippen LogP contribution in [-0.2, 0) is 0 Å². The molecule has 0 aliphatic rings. The van der Waals surface area contributed by atoms with Gasteiger partial charge in [-0.15, -0.1) is 21.5 Å². The van der Waals surface area contributed by atoms with Gasteiger partial charge in [0.1, 0.15) is 0 Å². The van der Waals surface area contributed by atoms with Crippen molar-refractivity contribution in [3.05, 3.63) is 22.9 Å². The summed E-state index contributed by atoms with van der Waals surface area (Å²) in [4.78, 5) is 1.78. The monoisotopic (exact) mass is 216 g/mol. The molecule has 14 heavy (non-hydrogen) atoms. The van der Waals surface area contributed by atoms with Crippen molar-refractivity contribution in [1.82, 2.24) is 10.2 Å². The molecule has 0 saturated carbocycles. The van der Waals surface area contributed by atoms with E-state index in [1.165, 1.54) is 11.3 Å². The zero-order valence-electron chi connectivity index (χ0n) is 7.20. The minimum Gasteiger partial charge on any atom is -0.414 e. The van der Waals surface area contributed by atoms with Gasteiger partial charge in [0.15, 0.2) is 0 Å². The smallest absolute Gasteiger partial charge is 0.314 e. The molecule has 3 nitrogen and oxygen atoms in total. The van der Waals surface area contributed by atoms with Crippen molar-refractivity contribution < 1.29 is 13.2 Å². The van der Waals surface area contributed by atoms with Gasteiger partial charge in [0, 0.05) is 4.88 Å². The molecule has 0 saturated heterocycles. The van der Waals surface area contributed by atoms with Gasteiger partial charge in [-0.2, -0.15) is 8.78 Å². The van der Waals surface area contributed by atoms with Crippen molar-refractivity contribution in [2.75, 3.05) is 0 Å². The summed E-state index contributed by atoms with van der Waals surface area (Å²) >= 11 is 1.42. The first-order chi connectivity index (χ1) is 6.66. The van der Waals surface area contributed by atoms with Gasteiger partial charge in [0.25, 0.3) is 11.8 Å². The SMILES string of the molecule is Cc1ccc(-c2nnc(C(F)F)o2)s1. The van der Waals surface area contributed by atoms with Gasteiger partial charge in [-0.3, -0.25) is 0 Å². The van der Waals surface area contributed by atoms with E-state index in [0.29, 0.717) is 4.88 Å². The predicted octanol–water partition coefficient (Wildman–Crippen LogP) is 3.04. The van der Waals surface area contributed by atoms with Gasteiger partial charge in [-0.1, -0.05) is 0 Å². The minimum absolute atomic E-state index is 0.151. The normalized spacial score (nSPS) is 11.1. The fourth-order valence-corrected chi connectivity index (χ4v) is 1.76. The van der Waals surface area contributed by atoms with E-state index in [4.69, 9.17) is 4.42 Å². The van der Waals surface area contributed by atoms with Crippen LogP contribution < -0.4 is 0 Å². The number of hydrogen-bond donors (Lipinski definition) is 0. The summed E-state index contributed by atoms with van der Waals surface area (Å²) in [6.45, 7) is 1.92. The second-order valence-electron chi connectivity index (χ2n) is 2.66. The third-order valence-electron chi connectivity index (χ3n) is 1.58. The maximum Gasteiger partial charge on any atom is 0.314 e. The number of nitrogens with zero attached hydrogens (tertiary/aromatic N) is 2. The molecule has 0 amide bonds. The zero-order chi connectivity index (χ0) is 10.1. The third-order valence-corrected chi connectivity index (χ3v) is 2.57. The highest BCUT2D eigenvalue weighted by Gasteiger charge is 2.17. The van der Waals surface area contributed by atoms with E-state index < -0.39 is 12.3 Å². The van der Waals surface area contributed by atoms with Crippen LogP contribution in [0, 0.1) is 6.92 Å². The highest BCUT2D eigenvalue weighted by molar-refractivity contribution is 7.15. The molecule has 74 valence electrons. The first kappa shape index (κ1) is 9.26. The molecular formula is C8H6F2N2OS. The fraction of sp³-hybridized carbons (Fsp3) is 0.250. The number of aromatic nitrogens is 2. The largest absolute Gasteiger partial charge is 0.414 e. The number of alkyl halides is 2. The van der Waals surface area contributed by atoms with Crippen LogP contribution in [0.1, 0.15) is 17.2 Å². The van der Waals surface area contributed by atoms with Crippen LogP contribution in [0.25, 0.3) is 10.8 Å². The molecule has 6 heteroatoms. The maximum absolute atomic E-state index is 12.1. The average molecular weight is 216 g/mol. The molecule has 2 heterocycles. The highest BCUT2D eigenvalue weighted by Crippen LogP contribution is 2.28. The van der Waals surface area contributed by atoms with Gasteiger partial charge in [-0.05, 0) is 19.1 Å². The Hall–Kier alpha value is -1.30. The van der Waals surface area contributed by atoms with Crippen molar-refractivity contribution in [1.29, 1.82) is 0 Å². The van der Waals surface area contributed by atoms with Crippen LogP contribution in [0.3, 0.4) is 0 Å². The molecule has 0 bridgehead atoms. The zero-order valence-corrected chi connectivity index (χ0v) is 8.02.